The van der Waals surface area contributed by atoms with Crippen LogP contribution in [0.5, 0.6) is 5.75 Å². The minimum atomic E-state index is 0.220. The molecule has 28 heavy (non-hydrogen) atoms. The number of aliphatic hydroxyl groups is 1. The van der Waals surface area contributed by atoms with Crippen LogP contribution in [0, 0.1) is 13.8 Å². The lowest BCUT2D eigenvalue weighted by Gasteiger charge is -2.41. The van der Waals surface area contributed by atoms with Crippen LogP contribution in [-0.2, 0) is 19.5 Å². The molecule has 6 heteroatoms. The first-order valence-electron chi connectivity index (χ1n) is 10.3. The van der Waals surface area contributed by atoms with Crippen LogP contribution in [0.3, 0.4) is 0 Å². The van der Waals surface area contributed by atoms with E-state index in [1.807, 2.05) is 6.07 Å². The maximum absolute atomic E-state index is 9.59. The molecule has 0 bridgehead atoms. The van der Waals surface area contributed by atoms with Gasteiger partial charge in [0.2, 0.25) is 0 Å². The lowest BCUT2D eigenvalue weighted by Crippen LogP contribution is -2.52. The number of hydrogen-bond donors (Lipinski definition) is 2. The third-order valence-corrected chi connectivity index (χ3v) is 5.74. The van der Waals surface area contributed by atoms with Crippen molar-refractivity contribution in [3.05, 3.63) is 46.5 Å². The number of aliphatic hydroxyl groups excluding tert-OH is 1. The maximum Gasteiger partial charge on any atom is 0.121 e. The van der Waals surface area contributed by atoms with E-state index in [1.54, 1.807) is 7.11 Å². The predicted molar refractivity (Wildman–Crippen MR) is 112 cm³/mol. The van der Waals surface area contributed by atoms with Crippen LogP contribution in [0.1, 0.15) is 41.7 Å². The minimum Gasteiger partial charge on any atom is -0.496 e. The number of nitrogens with one attached hydrogen (secondary N) is 1. The van der Waals surface area contributed by atoms with Crippen LogP contribution in [0.2, 0.25) is 0 Å². The molecule has 1 fully saturated rings. The Balaban J connectivity index is 1.65. The van der Waals surface area contributed by atoms with Crippen molar-refractivity contribution in [1.29, 1.82) is 0 Å². The molecule has 1 atom stereocenters. The van der Waals surface area contributed by atoms with E-state index in [0.29, 0.717) is 6.04 Å². The highest BCUT2D eigenvalue weighted by Crippen LogP contribution is 2.22. The summed E-state index contributed by atoms with van der Waals surface area (Å²) in [4.78, 5) is 13.1. The minimum absolute atomic E-state index is 0.220. The summed E-state index contributed by atoms with van der Waals surface area (Å²) in [5.74, 6) is 1.99. The third kappa shape index (κ3) is 4.93. The van der Waals surface area contributed by atoms with Gasteiger partial charge in [-0.15, -0.1) is 0 Å². The summed E-state index contributed by atoms with van der Waals surface area (Å²) in [6.07, 6.45) is 1.73. The molecule has 0 spiro atoms. The van der Waals surface area contributed by atoms with E-state index >= 15 is 0 Å². The molecule has 1 aliphatic rings. The maximum atomic E-state index is 9.59. The largest absolute Gasteiger partial charge is 0.496 e. The highest BCUT2D eigenvalue weighted by atomic mass is 16.5. The van der Waals surface area contributed by atoms with Crippen LogP contribution in [0.25, 0.3) is 0 Å². The van der Waals surface area contributed by atoms with Crippen LogP contribution in [0.15, 0.2) is 18.2 Å². The molecule has 0 amide bonds. The van der Waals surface area contributed by atoms with Gasteiger partial charge in [0.25, 0.3) is 0 Å². The second-order valence-corrected chi connectivity index (χ2v) is 7.78. The lowest BCUT2D eigenvalue weighted by atomic mass is 10.1. The standard InChI is InChI=1S/C22H34N4O2/c1-5-22-23-17(3)20(24-22)15-25-9-10-26(19(14-25)8-11-27)13-18-6-7-21(28-4)16(2)12-18/h6-7,12,19,27H,5,8-11,13-15H2,1-4H3,(H,23,24)/t19-/m1/s1. The zero-order valence-corrected chi connectivity index (χ0v) is 17.7. The van der Waals surface area contributed by atoms with E-state index in [4.69, 9.17) is 9.72 Å². The Morgan fingerprint density at radius 2 is 2.07 bits per heavy atom. The number of ether oxygens (including phenoxy) is 1. The fourth-order valence-electron chi connectivity index (χ4n) is 4.10. The zero-order chi connectivity index (χ0) is 20.1. The van der Waals surface area contributed by atoms with Gasteiger partial charge in [-0.05, 0) is 37.5 Å². The number of nitrogens with zero attached hydrogens (tertiary/aromatic N) is 3. The van der Waals surface area contributed by atoms with Crippen molar-refractivity contribution >= 4 is 0 Å². The molecule has 2 heterocycles. The number of aromatic amines is 1. The Morgan fingerprint density at radius 3 is 2.71 bits per heavy atom. The number of rotatable bonds is 8. The molecule has 0 aliphatic carbocycles. The molecule has 6 nitrogen and oxygen atoms in total. The van der Waals surface area contributed by atoms with Gasteiger partial charge in [0.05, 0.1) is 12.8 Å². The summed E-state index contributed by atoms with van der Waals surface area (Å²) >= 11 is 0. The van der Waals surface area contributed by atoms with Gasteiger partial charge in [-0.25, -0.2) is 4.98 Å². The summed E-state index contributed by atoms with van der Waals surface area (Å²) < 4.78 is 5.38. The average molecular weight is 387 g/mol. The molecular weight excluding hydrogens is 352 g/mol. The SMILES string of the molecule is CCc1nc(CN2CCN(Cc3ccc(OC)c(C)c3)[C@H](CCO)C2)c(C)[nH]1. The first-order valence-corrected chi connectivity index (χ1v) is 10.3. The van der Waals surface area contributed by atoms with Crippen LogP contribution >= 0.6 is 0 Å². The smallest absolute Gasteiger partial charge is 0.121 e. The van der Waals surface area contributed by atoms with Crippen LogP contribution in [-0.4, -0.2) is 64.3 Å². The van der Waals surface area contributed by atoms with E-state index in [0.717, 1.165) is 68.4 Å². The van der Waals surface area contributed by atoms with Crippen molar-refractivity contribution in [2.24, 2.45) is 0 Å². The highest BCUT2D eigenvalue weighted by molar-refractivity contribution is 5.36. The molecule has 2 N–H and O–H groups in total. The van der Waals surface area contributed by atoms with Crippen molar-refractivity contribution < 1.29 is 9.84 Å². The average Bonchev–Trinajstić information content (AvgIpc) is 3.04. The van der Waals surface area contributed by atoms with E-state index in [2.05, 4.69) is 47.7 Å². The second-order valence-electron chi connectivity index (χ2n) is 7.78. The highest BCUT2D eigenvalue weighted by Gasteiger charge is 2.27. The summed E-state index contributed by atoms with van der Waals surface area (Å²) in [5.41, 5.74) is 4.79. The molecule has 1 aliphatic heterocycles. The molecule has 2 aromatic rings. The van der Waals surface area contributed by atoms with Gasteiger partial charge >= 0.3 is 0 Å². The predicted octanol–water partition coefficient (Wildman–Crippen LogP) is 2.67. The number of hydrogen-bond acceptors (Lipinski definition) is 5. The van der Waals surface area contributed by atoms with Crippen molar-refractivity contribution in [3.8, 4) is 5.75 Å². The number of piperazine rings is 1. The zero-order valence-electron chi connectivity index (χ0n) is 17.7. The van der Waals surface area contributed by atoms with E-state index in [-0.39, 0.29) is 6.61 Å². The van der Waals surface area contributed by atoms with Gasteiger partial charge in [-0.1, -0.05) is 19.1 Å². The molecule has 1 aromatic heterocycles. The van der Waals surface area contributed by atoms with Gasteiger partial charge < -0.3 is 14.8 Å². The topological polar surface area (TPSA) is 64.6 Å². The Hall–Kier alpha value is -1.89. The monoisotopic (exact) mass is 386 g/mol. The van der Waals surface area contributed by atoms with Crippen molar-refractivity contribution in [1.82, 2.24) is 19.8 Å². The number of imidazole rings is 1. The molecule has 0 unspecified atom stereocenters. The fraction of sp³-hybridized carbons (Fsp3) is 0.591. The third-order valence-electron chi connectivity index (χ3n) is 5.74. The van der Waals surface area contributed by atoms with Crippen LogP contribution in [0.4, 0.5) is 0 Å². The lowest BCUT2D eigenvalue weighted by molar-refractivity contribution is 0.0493. The number of H-pyrrole nitrogens is 1. The molecule has 3 rings (SSSR count). The Kier molecular flexibility index (Phi) is 7.10. The van der Waals surface area contributed by atoms with E-state index < -0.39 is 0 Å². The number of aromatic nitrogens is 2. The number of methoxy groups -OCH3 is 1. The van der Waals surface area contributed by atoms with Crippen molar-refractivity contribution in [3.63, 3.8) is 0 Å². The second kappa shape index (κ2) is 9.54. The Labute approximate surface area is 168 Å². The summed E-state index contributed by atoms with van der Waals surface area (Å²) in [6, 6.07) is 6.76. The van der Waals surface area contributed by atoms with Gasteiger partial charge in [-0.3, -0.25) is 9.80 Å². The molecular formula is C22H34N4O2. The molecule has 154 valence electrons. The molecule has 0 saturated carbocycles. The number of aryl methyl sites for hydroxylation is 3. The molecule has 1 aromatic carbocycles. The van der Waals surface area contributed by atoms with Gasteiger partial charge in [0.1, 0.15) is 11.6 Å². The normalized spacial score (nSPS) is 18.5. The quantitative estimate of drug-likeness (QED) is 0.730. The van der Waals surface area contributed by atoms with E-state index in [1.165, 1.54) is 11.3 Å². The molecule has 1 saturated heterocycles. The van der Waals surface area contributed by atoms with Gasteiger partial charge in [0, 0.05) is 57.5 Å². The Morgan fingerprint density at radius 1 is 1.25 bits per heavy atom. The van der Waals surface area contributed by atoms with Crippen molar-refractivity contribution in [2.75, 3.05) is 33.4 Å². The van der Waals surface area contributed by atoms with Crippen molar-refractivity contribution in [2.45, 2.75) is 52.7 Å². The first-order chi connectivity index (χ1) is 13.5. The molecule has 0 radical (unpaired) electrons. The van der Waals surface area contributed by atoms with E-state index in [9.17, 15) is 5.11 Å². The number of benzene rings is 1. The first kappa shape index (κ1) is 20.8. The van der Waals surface area contributed by atoms with Gasteiger partial charge in [-0.2, -0.15) is 0 Å². The van der Waals surface area contributed by atoms with Gasteiger partial charge in [0.15, 0.2) is 0 Å². The fourth-order valence-corrected chi connectivity index (χ4v) is 4.10. The Bertz CT molecular complexity index is 774. The summed E-state index contributed by atoms with van der Waals surface area (Å²) in [7, 11) is 1.71. The summed E-state index contributed by atoms with van der Waals surface area (Å²) in [5, 5.41) is 9.59. The summed E-state index contributed by atoms with van der Waals surface area (Å²) in [6.45, 7) is 11.3. The van der Waals surface area contributed by atoms with Crippen LogP contribution < -0.4 is 4.74 Å².